The summed E-state index contributed by atoms with van der Waals surface area (Å²) in [6.07, 6.45) is 2.81. The fraction of sp³-hybridized carbons (Fsp3) is 0.0357. The van der Waals surface area contributed by atoms with Gasteiger partial charge >= 0.3 is 0 Å². The van der Waals surface area contributed by atoms with Crippen LogP contribution in [-0.2, 0) is 6.42 Å². The third kappa shape index (κ3) is 2.61. The number of pyridine rings is 1. The summed E-state index contributed by atoms with van der Waals surface area (Å²) >= 11 is 0. The largest absolute Gasteiger partial charge is 0.309 e. The molecule has 2 nitrogen and oxygen atoms in total. The highest BCUT2D eigenvalue weighted by Crippen LogP contribution is 2.48. The third-order valence-electron chi connectivity index (χ3n) is 5.89. The predicted molar refractivity (Wildman–Crippen MR) is 125 cm³/mol. The van der Waals surface area contributed by atoms with Crippen molar-refractivity contribution < 1.29 is 0 Å². The maximum absolute atomic E-state index is 4.73. The molecule has 0 aliphatic carbocycles. The van der Waals surface area contributed by atoms with Crippen LogP contribution in [0.1, 0.15) is 11.1 Å². The Balaban J connectivity index is 1.67. The van der Waals surface area contributed by atoms with Crippen LogP contribution in [0.5, 0.6) is 0 Å². The molecule has 2 heteroatoms. The summed E-state index contributed by atoms with van der Waals surface area (Å²) in [5, 5.41) is 1.16. The van der Waals surface area contributed by atoms with Gasteiger partial charge in [-0.3, -0.25) is 4.98 Å². The zero-order valence-electron chi connectivity index (χ0n) is 16.5. The first-order chi connectivity index (χ1) is 14.9. The average Bonchev–Trinajstić information content (AvgIpc) is 2.82. The molecule has 0 N–H and O–H groups in total. The molecule has 0 amide bonds. The molecular weight excluding hydrogens is 364 g/mol. The fourth-order valence-corrected chi connectivity index (χ4v) is 4.59. The molecule has 1 aliphatic heterocycles. The van der Waals surface area contributed by atoms with Crippen LogP contribution in [0.15, 0.2) is 109 Å². The molecule has 1 aromatic heterocycles. The van der Waals surface area contributed by atoms with E-state index in [0.29, 0.717) is 0 Å². The minimum atomic E-state index is 0.931. The zero-order valence-corrected chi connectivity index (χ0v) is 16.5. The summed E-state index contributed by atoms with van der Waals surface area (Å²) in [6, 6.07) is 36.6. The molecule has 0 spiro atoms. The molecule has 4 aromatic carbocycles. The zero-order chi connectivity index (χ0) is 19.9. The quantitative estimate of drug-likeness (QED) is 0.312. The van der Waals surface area contributed by atoms with E-state index in [1.165, 1.54) is 39.3 Å². The highest BCUT2D eigenvalue weighted by atomic mass is 15.2. The van der Waals surface area contributed by atoms with E-state index in [0.717, 1.165) is 17.3 Å². The van der Waals surface area contributed by atoms with Gasteiger partial charge in [-0.15, -0.1) is 0 Å². The number of nitrogens with zero attached hydrogens (tertiary/aromatic N) is 2. The molecule has 30 heavy (non-hydrogen) atoms. The molecule has 0 fully saturated rings. The lowest BCUT2D eigenvalue weighted by atomic mass is 9.89. The van der Waals surface area contributed by atoms with Crippen LogP contribution in [0.3, 0.4) is 0 Å². The van der Waals surface area contributed by atoms with Gasteiger partial charge < -0.3 is 4.90 Å². The van der Waals surface area contributed by atoms with Crippen LogP contribution < -0.4 is 4.90 Å². The van der Waals surface area contributed by atoms with Crippen molar-refractivity contribution in [2.45, 2.75) is 6.42 Å². The number of rotatable bonds is 2. The lowest BCUT2D eigenvalue weighted by molar-refractivity contribution is 1.09. The van der Waals surface area contributed by atoms with Crippen molar-refractivity contribution in [1.29, 1.82) is 0 Å². The second kappa shape index (κ2) is 6.85. The molecular formula is C28H20N2. The molecule has 0 saturated carbocycles. The molecule has 0 unspecified atom stereocenters. The smallest absolute Gasteiger partial charge is 0.0781 e. The van der Waals surface area contributed by atoms with Crippen molar-refractivity contribution in [3.8, 4) is 11.1 Å². The first-order valence-electron chi connectivity index (χ1n) is 10.3. The molecule has 5 aromatic rings. The maximum atomic E-state index is 4.73. The van der Waals surface area contributed by atoms with E-state index < -0.39 is 0 Å². The Morgan fingerprint density at radius 2 is 1.33 bits per heavy atom. The summed E-state index contributed by atoms with van der Waals surface area (Å²) in [7, 11) is 0. The number of hydrogen-bond acceptors (Lipinski definition) is 2. The van der Waals surface area contributed by atoms with Crippen LogP contribution in [-0.4, -0.2) is 4.98 Å². The maximum Gasteiger partial charge on any atom is 0.0781 e. The molecule has 0 saturated heterocycles. The second-order valence-corrected chi connectivity index (χ2v) is 7.67. The Morgan fingerprint density at radius 3 is 2.27 bits per heavy atom. The Hall–Kier alpha value is -3.91. The summed E-state index contributed by atoms with van der Waals surface area (Å²) in [5.41, 5.74) is 9.79. The third-order valence-corrected chi connectivity index (χ3v) is 5.89. The predicted octanol–water partition coefficient (Wildman–Crippen LogP) is 7.28. The van der Waals surface area contributed by atoms with Crippen molar-refractivity contribution >= 4 is 28.0 Å². The van der Waals surface area contributed by atoms with Gasteiger partial charge in [0.2, 0.25) is 0 Å². The van der Waals surface area contributed by atoms with Crippen LogP contribution in [0.4, 0.5) is 17.1 Å². The minimum absolute atomic E-state index is 0.931. The minimum Gasteiger partial charge on any atom is -0.309 e. The Bertz CT molecular complexity index is 1370. The number of aromatic nitrogens is 1. The van der Waals surface area contributed by atoms with Gasteiger partial charge in [0.1, 0.15) is 0 Å². The topological polar surface area (TPSA) is 16.1 Å². The van der Waals surface area contributed by atoms with Gasteiger partial charge in [0, 0.05) is 40.5 Å². The van der Waals surface area contributed by atoms with Gasteiger partial charge in [-0.1, -0.05) is 78.9 Å². The highest BCUT2D eigenvalue weighted by Gasteiger charge is 2.27. The van der Waals surface area contributed by atoms with Gasteiger partial charge in [-0.2, -0.15) is 0 Å². The average molecular weight is 384 g/mol. The normalized spacial score (nSPS) is 12.5. The summed E-state index contributed by atoms with van der Waals surface area (Å²) in [6.45, 7) is 0. The Labute approximate surface area is 176 Å². The second-order valence-electron chi connectivity index (χ2n) is 7.67. The standard InChI is InChI=1S/C28H20N2/c1-2-13-23(14-3-1)30-26-17-5-4-9-21(26)19-22-11-7-16-25(28(22)30)24-15-6-10-20-12-8-18-29-27(20)24/h1-18H,19H2. The van der Waals surface area contributed by atoms with E-state index in [4.69, 9.17) is 4.98 Å². The number of benzene rings is 4. The summed E-state index contributed by atoms with van der Waals surface area (Å²) in [4.78, 5) is 7.14. The lowest BCUT2D eigenvalue weighted by Gasteiger charge is -2.35. The van der Waals surface area contributed by atoms with E-state index in [9.17, 15) is 0 Å². The van der Waals surface area contributed by atoms with Crippen molar-refractivity contribution in [1.82, 2.24) is 4.98 Å². The Morgan fingerprint density at radius 1 is 0.600 bits per heavy atom. The Kier molecular flexibility index (Phi) is 3.88. The number of anilines is 3. The van der Waals surface area contributed by atoms with Crippen molar-refractivity contribution in [3.63, 3.8) is 0 Å². The molecule has 0 atom stereocenters. The molecule has 142 valence electrons. The van der Waals surface area contributed by atoms with E-state index in [1.54, 1.807) is 0 Å². The van der Waals surface area contributed by atoms with Crippen LogP contribution in [0.25, 0.3) is 22.0 Å². The van der Waals surface area contributed by atoms with Gasteiger partial charge in [0.15, 0.2) is 0 Å². The fourth-order valence-electron chi connectivity index (χ4n) is 4.59. The highest BCUT2D eigenvalue weighted by molar-refractivity contribution is 6.01. The van der Waals surface area contributed by atoms with E-state index >= 15 is 0 Å². The van der Waals surface area contributed by atoms with Gasteiger partial charge in [0.05, 0.1) is 11.2 Å². The monoisotopic (exact) mass is 384 g/mol. The van der Waals surface area contributed by atoms with Crippen LogP contribution in [0.2, 0.25) is 0 Å². The van der Waals surface area contributed by atoms with Crippen LogP contribution >= 0.6 is 0 Å². The number of hydrogen-bond donors (Lipinski definition) is 0. The van der Waals surface area contributed by atoms with Gasteiger partial charge in [0.25, 0.3) is 0 Å². The number of para-hydroxylation sites is 4. The first-order valence-corrected chi connectivity index (χ1v) is 10.3. The van der Waals surface area contributed by atoms with Gasteiger partial charge in [-0.25, -0.2) is 0 Å². The lowest BCUT2D eigenvalue weighted by Crippen LogP contribution is -2.19. The SMILES string of the molecule is c1ccc(N2c3ccccc3Cc3cccc(-c4cccc5cccnc45)c32)cc1. The first kappa shape index (κ1) is 17.0. The van der Waals surface area contributed by atoms with Crippen molar-refractivity contribution in [3.05, 3.63) is 120 Å². The van der Waals surface area contributed by atoms with Crippen LogP contribution in [0, 0.1) is 0 Å². The molecule has 0 bridgehead atoms. The van der Waals surface area contributed by atoms with E-state index in [-0.39, 0.29) is 0 Å². The van der Waals surface area contributed by atoms with E-state index in [2.05, 4.69) is 102 Å². The summed E-state index contributed by atoms with van der Waals surface area (Å²) in [5.74, 6) is 0. The summed E-state index contributed by atoms with van der Waals surface area (Å²) < 4.78 is 0. The van der Waals surface area contributed by atoms with Crippen molar-refractivity contribution in [2.24, 2.45) is 0 Å². The molecule has 2 heterocycles. The molecule has 6 rings (SSSR count). The number of fused-ring (bicyclic) bond motifs is 3. The van der Waals surface area contributed by atoms with E-state index in [1.807, 2.05) is 12.3 Å². The molecule has 1 aliphatic rings. The van der Waals surface area contributed by atoms with Gasteiger partial charge in [-0.05, 0) is 35.4 Å². The molecule has 0 radical (unpaired) electrons. The van der Waals surface area contributed by atoms with Crippen molar-refractivity contribution in [2.75, 3.05) is 4.90 Å².